The van der Waals surface area contributed by atoms with E-state index in [1.165, 1.54) is 5.56 Å². The van der Waals surface area contributed by atoms with Crippen molar-refractivity contribution in [2.75, 3.05) is 0 Å². The van der Waals surface area contributed by atoms with Crippen molar-refractivity contribution < 1.29 is 19.8 Å². The largest absolute Gasteiger partial charge is 0.508 e. The average Bonchev–Trinajstić information content (AvgIpc) is 3.26. The van der Waals surface area contributed by atoms with Crippen molar-refractivity contribution in [2.45, 2.75) is 70.6 Å². The van der Waals surface area contributed by atoms with Gasteiger partial charge in [-0.15, -0.1) is 0 Å². The summed E-state index contributed by atoms with van der Waals surface area (Å²) in [6.07, 6.45) is 20.0. The number of carboxylic acid groups (broad SMARTS) is 1. The molecule has 0 amide bonds. The van der Waals surface area contributed by atoms with E-state index in [1.54, 1.807) is 12.1 Å². The third kappa shape index (κ3) is 9.43. The fourth-order valence-corrected chi connectivity index (χ4v) is 4.27. The maximum absolute atomic E-state index is 11.4. The van der Waals surface area contributed by atoms with Gasteiger partial charge < -0.3 is 15.0 Å². The van der Waals surface area contributed by atoms with Gasteiger partial charge in [0.25, 0.3) is 0 Å². The summed E-state index contributed by atoms with van der Waals surface area (Å²) in [5.74, 6) is 0.636. The van der Waals surface area contributed by atoms with Gasteiger partial charge in [0.1, 0.15) is 12.0 Å². The number of hydrogen-bond donors (Lipinski definition) is 2. The van der Waals surface area contributed by atoms with Crippen LogP contribution in [0.2, 0.25) is 0 Å². The molecule has 164 valence electrons. The standard InChI is InChI=1S/C26H36O4/c27-20-24(23-11-7-8-12-23)13-5-1-3-9-21(10-4-2-6-14-26(29)30)19-22-15-17-25(28)18-16-22/h2,4,7,11,15-18,20-21,23-24,28H,1,3,5-6,8-10,12-14,19H2,(H,29,30)/b4-2+/t21-,23+,24+/m0/s1. The summed E-state index contributed by atoms with van der Waals surface area (Å²) in [7, 11) is 0. The highest BCUT2D eigenvalue weighted by atomic mass is 16.4. The van der Waals surface area contributed by atoms with Gasteiger partial charge in [0, 0.05) is 12.3 Å². The summed E-state index contributed by atoms with van der Waals surface area (Å²) < 4.78 is 0. The van der Waals surface area contributed by atoms with E-state index >= 15 is 0 Å². The topological polar surface area (TPSA) is 74.6 Å². The van der Waals surface area contributed by atoms with Crippen LogP contribution in [0.15, 0.2) is 48.6 Å². The van der Waals surface area contributed by atoms with Crippen LogP contribution in [0, 0.1) is 17.8 Å². The summed E-state index contributed by atoms with van der Waals surface area (Å²) in [5.41, 5.74) is 1.21. The van der Waals surface area contributed by atoms with Crippen LogP contribution < -0.4 is 0 Å². The minimum Gasteiger partial charge on any atom is -0.508 e. The Morgan fingerprint density at radius 1 is 1.10 bits per heavy atom. The van der Waals surface area contributed by atoms with Crippen molar-refractivity contribution in [3.05, 3.63) is 54.1 Å². The smallest absolute Gasteiger partial charge is 0.303 e. The van der Waals surface area contributed by atoms with E-state index in [2.05, 4.69) is 18.2 Å². The third-order valence-corrected chi connectivity index (χ3v) is 6.05. The predicted molar refractivity (Wildman–Crippen MR) is 120 cm³/mol. The second-order valence-electron chi connectivity index (χ2n) is 8.48. The molecule has 0 aliphatic heterocycles. The lowest BCUT2D eigenvalue weighted by Crippen LogP contribution is -2.12. The van der Waals surface area contributed by atoms with Crippen LogP contribution in [-0.2, 0) is 16.0 Å². The highest BCUT2D eigenvalue weighted by Crippen LogP contribution is 2.28. The molecule has 0 spiro atoms. The number of aromatic hydroxyl groups is 1. The van der Waals surface area contributed by atoms with Crippen LogP contribution in [0.5, 0.6) is 5.75 Å². The highest BCUT2D eigenvalue weighted by molar-refractivity contribution is 5.66. The number of rotatable bonds is 15. The Morgan fingerprint density at radius 3 is 2.53 bits per heavy atom. The van der Waals surface area contributed by atoms with Crippen LogP contribution in [0.3, 0.4) is 0 Å². The lowest BCUT2D eigenvalue weighted by Gasteiger charge is -2.17. The minimum absolute atomic E-state index is 0.174. The fraction of sp³-hybridized carbons (Fsp3) is 0.538. The minimum atomic E-state index is -0.762. The number of carbonyl (C=O) groups excluding carboxylic acids is 1. The molecule has 4 nitrogen and oxygen atoms in total. The SMILES string of the molecule is O=C[C@@H](CCCCC[C@@H](C/C=C/CCC(=O)O)Cc1ccc(O)cc1)[C@@H]1C=CCC1. The predicted octanol–water partition coefficient (Wildman–Crippen LogP) is 6.09. The first-order valence-corrected chi connectivity index (χ1v) is 11.3. The molecule has 1 aliphatic carbocycles. The molecule has 0 saturated heterocycles. The first kappa shape index (κ1) is 23.9. The Hall–Kier alpha value is -2.36. The molecule has 0 unspecified atom stereocenters. The van der Waals surface area contributed by atoms with E-state index in [0.717, 1.165) is 64.1 Å². The first-order chi connectivity index (χ1) is 14.6. The Bertz CT molecular complexity index is 689. The molecule has 0 aromatic heterocycles. The Labute approximate surface area is 180 Å². The van der Waals surface area contributed by atoms with Crippen LogP contribution in [0.25, 0.3) is 0 Å². The van der Waals surface area contributed by atoms with Crippen LogP contribution in [0.4, 0.5) is 0 Å². The molecule has 4 heteroatoms. The van der Waals surface area contributed by atoms with Gasteiger partial charge in [-0.25, -0.2) is 0 Å². The number of carbonyl (C=O) groups is 2. The zero-order valence-electron chi connectivity index (χ0n) is 17.9. The number of hydrogen-bond acceptors (Lipinski definition) is 3. The highest BCUT2D eigenvalue weighted by Gasteiger charge is 2.20. The number of carboxylic acids is 1. The molecule has 2 N–H and O–H groups in total. The maximum atomic E-state index is 11.4. The number of aldehydes is 1. The number of aliphatic carboxylic acids is 1. The van der Waals surface area contributed by atoms with Crippen molar-refractivity contribution in [1.82, 2.24) is 0 Å². The van der Waals surface area contributed by atoms with E-state index in [9.17, 15) is 14.7 Å². The molecule has 1 aromatic rings. The number of phenols is 1. The van der Waals surface area contributed by atoms with Gasteiger partial charge in [0.2, 0.25) is 0 Å². The average molecular weight is 413 g/mol. The lowest BCUT2D eigenvalue weighted by atomic mass is 9.87. The number of phenolic OH excluding ortho intramolecular Hbond substituents is 1. The molecule has 0 bridgehead atoms. The summed E-state index contributed by atoms with van der Waals surface area (Å²) >= 11 is 0. The van der Waals surface area contributed by atoms with Crippen LogP contribution >= 0.6 is 0 Å². The van der Waals surface area contributed by atoms with Crippen LogP contribution in [-0.4, -0.2) is 22.5 Å². The normalized spacial score (nSPS) is 17.9. The number of benzene rings is 1. The fourth-order valence-electron chi connectivity index (χ4n) is 4.27. The molecule has 1 aromatic carbocycles. The zero-order chi connectivity index (χ0) is 21.6. The van der Waals surface area contributed by atoms with Gasteiger partial charge in [-0.05, 0) is 74.5 Å². The first-order valence-electron chi connectivity index (χ1n) is 11.3. The second kappa shape index (κ2) is 13.8. The summed E-state index contributed by atoms with van der Waals surface area (Å²) in [5, 5.41) is 18.2. The Balaban J connectivity index is 1.76. The molecule has 0 radical (unpaired) electrons. The monoisotopic (exact) mass is 412 g/mol. The summed E-state index contributed by atoms with van der Waals surface area (Å²) in [4.78, 5) is 22.1. The number of unbranched alkanes of at least 4 members (excludes halogenated alkanes) is 2. The zero-order valence-corrected chi connectivity index (χ0v) is 17.9. The molecular weight excluding hydrogens is 376 g/mol. The van der Waals surface area contributed by atoms with Gasteiger partial charge in [0.15, 0.2) is 0 Å². The van der Waals surface area contributed by atoms with Crippen LogP contribution in [0.1, 0.15) is 69.8 Å². The molecule has 0 saturated carbocycles. The molecule has 0 fully saturated rings. The molecule has 1 aliphatic rings. The van der Waals surface area contributed by atoms with Crippen molar-refractivity contribution in [3.8, 4) is 5.75 Å². The Morgan fingerprint density at radius 2 is 1.87 bits per heavy atom. The van der Waals surface area contributed by atoms with E-state index in [0.29, 0.717) is 18.3 Å². The molecular formula is C26H36O4. The molecule has 3 atom stereocenters. The van der Waals surface area contributed by atoms with E-state index < -0.39 is 5.97 Å². The Kier molecular flexibility index (Phi) is 11.0. The van der Waals surface area contributed by atoms with Gasteiger partial charge in [0.05, 0.1) is 0 Å². The van der Waals surface area contributed by atoms with Gasteiger partial charge in [-0.2, -0.15) is 0 Å². The number of allylic oxidation sites excluding steroid dienone is 4. The van der Waals surface area contributed by atoms with Crippen molar-refractivity contribution in [1.29, 1.82) is 0 Å². The van der Waals surface area contributed by atoms with Crippen molar-refractivity contribution in [3.63, 3.8) is 0 Å². The molecule has 2 rings (SSSR count). The van der Waals surface area contributed by atoms with E-state index in [4.69, 9.17) is 5.11 Å². The van der Waals surface area contributed by atoms with Gasteiger partial charge in [-0.3, -0.25) is 4.79 Å². The third-order valence-electron chi connectivity index (χ3n) is 6.05. The second-order valence-corrected chi connectivity index (χ2v) is 8.48. The van der Waals surface area contributed by atoms with E-state index in [-0.39, 0.29) is 18.1 Å². The maximum Gasteiger partial charge on any atom is 0.303 e. The van der Waals surface area contributed by atoms with Crippen molar-refractivity contribution >= 4 is 12.3 Å². The summed E-state index contributed by atoms with van der Waals surface area (Å²) in [6.45, 7) is 0. The molecule has 0 heterocycles. The summed E-state index contributed by atoms with van der Waals surface area (Å²) in [6, 6.07) is 7.40. The van der Waals surface area contributed by atoms with E-state index in [1.807, 2.05) is 18.2 Å². The quantitative estimate of drug-likeness (QED) is 0.207. The lowest BCUT2D eigenvalue weighted by molar-refractivity contribution is -0.136. The molecule has 30 heavy (non-hydrogen) atoms. The van der Waals surface area contributed by atoms with Crippen molar-refractivity contribution in [2.24, 2.45) is 17.8 Å². The van der Waals surface area contributed by atoms with Gasteiger partial charge >= 0.3 is 5.97 Å². The van der Waals surface area contributed by atoms with Gasteiger partial charge in [-0.1, -0.05) is 55.7 Å².